The van der Waals surface area contributed by atoms with Gasteiger partial charge >= 0.3 is 0 Å². The molecule has 2 nitrogen and oxygen atoms in total. The fourth-order valence-corrected chi connectivity index (χ4v) is 2.42. The molecule has 1 aromatic carbocycles. The lowest BCUT2D eigenvalue weighted by molar-refractivity contribution is 0.0755. The summed E-state index contributed by atoms with van der Waals surface area (Å²) < 4.78 is 0. The molecule has 0 aliphatic carbocycles. The number of benzene rings is 1. The summed E-state index contributed by atoms with van der Waals surface area (Å²) in [6.45, 7) is 4.85. The second-order valence-corrected chi connectivity index (χ2v) is 4.30. The third kappa shape index (κ3) is 1.75. The molecule has 1 heterocycles. The van der Waals surface area contributed by atoms with E-state index in [1.807, 2.05) is 0 Å². The van der Waals surface area contributed by atoms with Crippen molar-refractivity contribution in [3.63, 3.8) is 0 Å². The molecule has 2 heteroatoms. The van der Waals surface area contributed by atoms with Gasteiger partial charge in [0.25, 0.3) is 0 Å². The molecule has 0 unspecified atom stereocenters. The number of hydrogen-bond donors (Lipinski definition) is 0. The second kappa shape index (κ2) is 4.04. The Labute approximate surface area is 91.1 Å². The molecule has 78 valence electrons. The van der Waals surface area contributed by atoms with E-state index in [1.54, 1.807) is 0 Å². The zero-order valence-electron chi connectivity index (χ0n) is 9.11. The molecule has 1 saturated heterocycles. The standard InChI is InChI=1S/C13H16N2/c1-2-13(10-15(11-13)9-8-14)12-6-4-3-5-7-12/h3-7H,2,9-11H2,1H3. The summed E-state index contributed by atoms with van der Waals surface area (Å²) in [4.78, 5) is 2.20. The van der Waals surface area contributed by atoms with Crippen LogP contribution >= 0.6 is 0 Å². The molecule has 0 N–H and O–H groups in total. The summed E-state index contributed by atoms with van der Waals surface area (Å²) in [5.41, 5.74) is 1.72. The predicted octanol–water partition coefficient (Wildman–Crippen LogP) is 2.17. The smallest absolute Gasteiger partial charge is 0.0866 e. The Bertz CT molecular complexity index is 358. The Morgan fingerprint density at radius 1 is 1.33 bits per heavy atom. The van der Waals surface area contributed by atoms with E-state index in [1.165, 1.54) is 5.56 Å². The van der Waals surface area contributed by atoms with Gasteiger partial charge in [-0.05, 0) is 12.0 Å². The number of nitrogens with zero attached hydrogens (tertiary/aromatic N) is 2. The van der Waals surface area contributed by atoms with Crippen LogP contribution in [0.15, 0.2) is 30.3 Å². The number of likely N-dealkylation sites (tertiary alicyclic amines) is 1. The van der Waals surface area contributed by atoms with E-state index >= 15 is 0 Å². The maximum atomic E-state index is 8.62. The highest BCUT2D eigenvalue weighted by Crippen LogP contribution is 2.37. The van der Waals surface area contributed by atoms with Gasteiger partial charge in [-0.3, -0.25) is 4.90 Å². The fraction of sp³-hybridized carbons (Fsp3) is 0.462. The highest BCUT2D eigenvalue weighted by molar-refractivity contribution is 5.29. The molecule has 0 aromatic heterocycles. The van der Waals surface area contributed by atoms with Crippen molar-refractivity contribution in [3.8, 4) is 6.07 Å². The molecule has 0 spiro atoms. The van der Waals surface area contributed by atoms with Crippen molar-refractivity contribution in [2.24, 2.45) is 0 Å². The topological polar surface area (TPSA) is 27.0 Å². The molecule has 0 bridgehead atoms. The van der Waals surface area contributed by atoms with E-state index in [0.29, 0.717) is 12.0 Å². The van der Waals surface area contributed by atoms with Gasteiger partial charge in [-0.1, -0.05) is 37.3 Å². The van der Waals surface area contributed by atoms with Crippen LogP contribution < -0.4 is 0 Å². The Kier molecular flexibility index (Phi) is 2.75. The fourth-order valence-electron chi connectivity index (χ4n) is 2.42. The van der Waals surface area contributed by atoms with Crippen LogP contribution in [0.4, 0.5) is 0 Å². The summed E-state index contributed by atoms with van der Waals surface area (Å²) in [6.07, 6.45) is 1.15. The van der Waals surface area contributed by atoms with Gasteiger partial charge in [0.15, 0.2) is 0 Å². The average Bonchev–Trinajstić information content (AvgIpc) is 2.24. The summed E-state index contributed by atoms with van der Waals surface area (Å²) in [7, 11) is 0. The molecule has 1 aromatic rings. The van der Waals surface area contributed by atoms with E-state index in [0.717, 1.165) is 19.5 Å². The number of nitriles is 1. The van der Waals surface area contributed by atoms with E-state index < -0.39 is 0 Å². The van der Waals surface area contributed by atoms with Crippen molar-refractivity contribution in [2.45, 2.75) is 18.8 Å². The lowest BCUT2D eigenvalue weighted by atomic mass is 9.72. The monoisotopic (exact) mass is 200 g/mol. The van der Waals surface area contributed by atoms with Crippen molar-refractivity contribution in [1.82, 2.24) is 4.90 Å². The van der Waals surface area contributed by atoms with Gasteiger partial charge in [0.1, 0.15) is 0 Å². The molecular formula is C13H16N2. The lowest BCUT2D eigenvalue weighted by Crippen LogP contribution is -2.58. The largest absolute Gasteiger partial charge is 0.289 e. The summed E-state index contributed by atoms with van der Waals surface area (Å²) in [5, 5.41) is 8.62. The van der Waals surface area contributed by atoms with Crippen LogP contribution in [0.1, 0.15) is 18.9 Å². The molecule has 0 atom stereocenters. The normalized spacial score (nSPS) is 19.2. The van der Waals surface area contributed by atoms with Crippen LogP contribution in [0.25, 0.3) is 0 Å². The molecular weight excluding hydrogens is 184 g/mol. The highest BCUT2D eigenvalue weighted by atomic mass is 15.2. The van der Waals surface area contributed by atoms with Gasteiger partial charge in [-0.25, -0.2) is 0 Å². The summed E-state index contributed by atoms with van der Waals surface area (Å²) in [5.74, 6) is 0. The number of hydrogen-bond acceptors (Lipinski definition) is 2. The number of rotatable bonds is 3. The molecule has 1 fully saturated rings. The molecule has 1 aliphatic heterocycles. The van der Waals surface area contributed by atoms with Crippen molar-refractivity contribution in [2.75, 3.05) is 19.6 Å². The zero-order valence-corrected chi connectivity index (χ0v) is 9.11. The van der Waals surface area contributed by atoms with Crippen LogP contribution in [0.3, 0.4) is 0 Å². The minimum atomic E-state index is 0.304. The van der Waals surface area contributed by atoms with Gasteiger partial charge in [0, 0.05) is 18.5 Å². The van der Waals surface area contributed by atoms with Gasteiger partial charge in [0.05, 0.1) is 12.6 Å². The average molecular weight is 200 g/mol. The lowest BCUT2D eigenvalue weighted by Gasteiger charge is -2.49. The SMILES string of the molecule is CCC1(c2ccccc2)CN(CC#N)C1. The molecule has 0 radical (unpaired) electrons. The Morgan fingerprint density at radius 3 is 2.53 bits per heavy atom. The van der Waals surface area contributed by atoms with Gasteiger partial charge in [-0.2, -0.15) is 5.26 Å². The zero-order chi connectivity index (χ0) is 10.7. The van der Waals surface area contributed by atoms with Crippen molar-refractivity contribution >= 4 is 0 Å². The van der Waals surface area contributed by atoms with E-state index in [9.17, 15) is 0 Å². The summed E-state index contributed by atoms with van der Waals surface area (Å²) >= 11 is 0. The first-order valence-corrected chi connectivity index (χ1v) is 5.45. The molecule has 15 heavy (non-hydrogen) atoms. The van der Waals surface area contributed by atoms with Gasteiger partial charge in [0.2, 0.25) is 0 Å². The maximum absolute atomic E-state index is 8.62. The van der Waals surface area contributed by atoms with Gasteiger partial charge < -0.3 is 0 Å². The van der Waals surface area contributed by atoms with Crippen LogP contribution in [0.2, 0.25) is 0 Å². The summed E-state index contributed by atoms with van der Waals surface area (Å²) in [6, 6.07) is 12.9. The third-order valence-electron chi connectivity index (χ3n) is 3.41. The van der Waals surface area contributed by atoms with Crippen molar-refractivity contribution in [3.05, 3.63) is 35.9 Å². The quantitative estimate of drug-likeness (QED) is 0.699. The first-order valence-electron chi connectivity index (χ1n) is 5.45. The van der Waals surface area contributed by atoms with Crippen LogP contribution in [-0.2, 0) is 5.41 Å². The van der Waals surface area contributed by atoms with Crippen LogP contribution in [0.5, 0.6) is 0 Å². The maximum Gasteiger partial charge on any atom is 0.0866 e. The molecule has 0 amide bonds. The van der Waals surface area contributed by atoms with Crippen LogP contribution in [-0.4, -0.2) is 24.5 Å². The Morgan fingerprint density at radius 2 is 2.00 bits per heavy atom. The second-order valence-electron chi connectivity index (χ2n) is 4.30. The molecule has 1 aliphatic rings. The first-order chi connectivity index (χ1) is 7.30. The Hall–Kier alpha value is -1.33. The van der Waals surface area contributed by atoms with E-state index in [4.69, 9.17) is 5.26 Å². The first kappa shape index (κ1) is 10.2. The van der Waals surface area contributed by atoms with Crippen molar-refractivity contribution in [1.29, 1.82) is 5.26 Å². The van der Waals surface area contributed by atoms with Crippen LogP contribution in [0, 0.1) is 11.3 Å². The minimum Gasteiger partial charge on any atom is -0.289 e. The minimum absolute atomic E-state index is 0.304. The molecule has 2 rings (SSSR count). The van der Waals surface area contributed by atoms with Gasteiger partial charge in [-0.15, -0.1) is 0 Å². The third-order valence-corrected chi connectivity index (χ3v) is 3.41. The van der Waals surface area contributed by atoms with Crippen molar-refractivity contribution < 1.29 is 0 Å². The Balaban J connectivity index is 2.11. The molecule has 0 saturated carbocycles. The van der Waals surface area contributed by atoms with E-state index in [2.05, 4.69) is 48.2 Å². The highest BCUT2D eigenvalue weighted by Gasteiger charge is 2.42. The van der Waals surface area contributed by atoms with E-state index in [-0.39, 0.29) is 0 Å². The predicted molar refractivity (Wildman–Crippen MR) is 60.5 cm³/mol.